The van der Waals surface area contributed by atoms with Gasteiger partial charge in [-0.25, -0.2) is 4.98 Å². The Bertz CT molecular complexity index is 464. The first-order valence-corrected chi connectivity index (χ1v) is 7.03. The molecule has 0 fully saturated rings. The lowest BCUT2D eigenvalue weighted by molar-refractivity contribution is 0.700. The maximum absolute atomic E-state index is 6.12. The van der Waals surface area contributed by atoms with E-state index in [4.69, 9.17) is 5.73 Å². The molecule has 1 unspecified atom stereocenters. The summed E-state index contributed by atoms with van der Waals surface area (Å²) in [7, 11) is 0. The Morgan fingerprint density at radius 3 is 2.62 bits per heavy atom. The first-order chi connectivity index (χ1) is 7.65. The summed E-state index contributed by atoms with van der Waals surface area (Å²) in [6, 6.07) is 8.47. The van der Waals surface area contributed by atoms with Crippen molar-refractivity contribution in [2.45, 2.75) is 19.4 Å². The van der Waals surface area contributed by atoms with E-state index in [0.29, 0.717) is 0 Å². The maximum Gasteiger partial charge on any atom is 0.0898 e. The second-order valence-corrected chi connectivity index (χ2v) is 6.04. The number of halogens is 1. The predicted molar refractivity (Wildman–Crippen MR) is 76.6 cm³/mol. The van der Waals surface area contributed by atoms with Crippen LogP contribution in [0.5, 0.6) is 0 Å². The van der Waals surface area contributed by atoms with Gasteiger partial charge in [0.1, 0.15) is 0 Å². The third kappa shape index (κ3) is 3.02. The number of aromatic nitrogens is 1. The topological polar surface area (TPSA) is 38.9 Å². The van der Waals surface area contributed by atoms with Crippen LogP contribution in [0.15, 0.2) is 29.6 Å². The van der Waals surface area contributed by atoms with Crippen molar-refractivity contribution in [2.75, 3.05) is 0 Å². The van der Waals surface area contributed by atoms with Crippen LogP contribution in [0.2, 0.25) is 0 Å². The quantitative estimate of drug-likeness (QED) is 0.868. The average Bonchev–Trinajstić information content (AvgIpc) is 2.68. The lowest BCUT2D eigenvalue weighted by Crippen LogP contribution is -2.13. The lowest BCUT2D eigenvalue weighted by atomic mass is 10.1. The van der Waals surface area contributed by atoms with Gasteiger partial charge in [0.2, 0.25) is 0 Å². The normalized spacial score (nSPS) is 12.7. The van der Waals surface area contributed by atoms with Gasteiger partial charge in [-0.1, -0.05) is 12.1 Å². The summed E-state index contributed by atoms with van der Waals surface area (Å²) in [6.07, 6.45) is 0.847. The van der Waals surface area contributed by atoms with Gasteiger partial charge in [0, 0.05) is 8.95 Å². The molecule has 1 aromatic heterocycles. The molecule has 1 heterocycles. The fourth-order valence-electron chi connectivity index (χ4n) is 1.53. The third-order valence-electron chi connectivity index (χ3n) is 2.39. The monoisotopic (exact) mass is 344 g/mol. The van der Waals surface area contributed by atoms with Crippen molar-refractivity contribution in [2.24, 2.45) is 5.73 Å². The largest absolute Gasteiger partial charge is 0.322 e. The van der Waals surface area contributed by atoms with Crippen LogP contribution in [0, 0.1) is 10.5 Å². The van der Waals surface area contributed by atoms with Crippen LogP contribution in [-0.2, 0) is 6.42 Å². The zero-order valence-corrected chi connectivity index (χ0v) is 12.0. The van der Waals surface area contributed by atoms with E-state index in [1.807, 2.05) is 12.3 Å². The van der Waals surface area contributed by atoms with Crippen LogP contribution >= 0.6 is 33.9 Å². The second kappa shape index (κ2) is 5.25. The van der Waals surface area contributed by atoms with Crippen LogP contribution in [0.4, 0.5) is 0 Å². The zero-order chi connectivity index (χ0) is 11.5. The highest BCUT2D eigenvalue weighted by Crippen LogP contribution is 2.18. The molecule has 16 heavy (non-hydrogen) atoms. The minimum atomic E-state index is 0.00464. The Morgan fingerprint density at radius 1 is 1.38 bits per heavy atom. The highest BCUT2D eigenvalue weighted by molar-refractivity contribution is 14.1. The van der Waals surface area contributed by atoms with E-state index in [1.165, 1.54) is 9.13 Å². The molecular weight excluding hydrogens is 331 g/mol. The Morgan fingerprint density at radius 2 is 2.06 bits per heavy atom. The van der Waals surface area contributed by atoms with Gasteiger partial charge in [-0.15, -0.1) is 11.3 Å². The molecule has 0 aliphatic rings. The van der Waals surface area contributed by atoms with Gasteiger partial charge in [0.05, 0.1) is 16.7 Å². The van der Waals surface area contributed by atoms with Gasteiger partial charge >= 0.3 is 0 Å². The van der Waals surface area contributed by atoms with E-state index in [2.05, 4.69) is 51.8 Å². The highest BCUT2D eigenvalue weighted by atomic mass is 127. The summed E-state index contributed by atoms with van der Waals surface area (Å²) in [5.41, 5.74) is 8.38. The molecule has 2 aromatic rings. The number of hydrogen-bond donors (Lipinski definition) is 1. The molecule has 1 aromatic carbocycles. The lowest BCUT2D eigenvalue weighted by Gasteiger charge is -2.08. The third-order valence-corrected chi connectivity index (χ3v) is 3.90. The molecule has 0 spiro atoms. The zero-order valence-electron chi connectivity index (χ0n) is 8.98. The Balaban J connectivity index is 2.07. The smallest absolute Gasteiger partial charge is 0.0898 e. The van der Waals surface area contributed by atoms with Crippen molar-refractivity contribution >= 4 is 33.9 Å². The van der Waals surface area contributed by atoms with Crippen molar-refractivity contribution in [1.82, 2.24) is 4.98 Å². The van der Waals surface area contributed by atoms with Crippen molar-refractivity contribution in [1.29, 1.82) is 0 Å². The molecule has 0 aliphatic heterocycles. The first-order valence-electron chi connectivity index (χ1n) is 5.07. The summed E-state index contributed by atoms with van der Waals surface area (Å²) in [4.78, 5) is 4.42. The number of rotatable bonds is 3. The van der Waals surface area contributed by atoms with E-state index in [1.54, 1.807) is 11.3 Å². The van der Waals surface area contributed by atoms with Crippen LogP contribution in [0.25, 0.3) is 0 Å². The number of nitrogens with two attached hydrogens (primary N) is 1. The van der Waals surface area contributed by atoms with Gasteiger partial charge in [-0.2, -0.15) is 0 Å². The van der Waals surface area contributed by atoms with Gasteiger partial charge < -0.3 is 5.73 Å². The number of benzene rings is 1. The number of aryl methyl sites for hydroxylation is 1. The Hall–Kier alpha value is -0.460. The van der Waals surface area contributed by atoms with Gasteiger partial charge in [-0.3, -0.25) is 0 Å². The molecular formula is C12H13IN2S. The second-order valence-electron chi connectivity index (χ2n) is 3.73. The molecule has 0 amide bonds. The number of nitrogens with zero attached hydrogens (tertiary/aromatic N) is 1. The molecule has 0 saturated carbocycles. The molecule has 0 bridgehead atoms. The minimum Gasteiger partial charge on any atom is -0.322 e. The summed E-state index contributed by atoms with van der Waals surface area (Å²) < 4.78 is 1.25. The van der Waals surface area contributed by atoms with Gasteiger partial charge in [0.25, 0.3) is 0 Å². The standard InChI is InChI=1S/C12H13IN2S/c1-8-15-12(7-16-8)11(14)6-9-2-4-10(13)5-3-9/h2-5,7,11H,6,14H2,1H3. The molecule has 1 atom stereocenters. The van der Waals surface area contributed by atoms with Crippen molar-refractivity contribution in [3.8, 4) is 0 Å². The fourth-order valence-corrected chi connectivity index (χ4v) is 2.57. The Kier molecular flexibility index (Phi) is 3.94. The van der Waals surface area contributed by atoms with E-state index in [0.717, 1.165) is 17.1 Å². The molecule has 84 valence electrons. The summed E-state index contributed by atoms with van der Waals surface area (Å²) >= 11 is 3.96. The average molecular weight is 344 g/mol. The van der Waals surface area contributed by atoms with Crippen LogP contribution in [0.1, 0.15) is 22.3 Å². The van der Waals surface area contributed by atoms with E-state index < -0.39 is 0 Å². The van der Waals surface area contributed by atoms with E-state index >= 15 is 0 Å². The van der Waals surface area contributed by atoms with Crippen molar-refractivity contribution in [3.63, 3.8) is 0 Å². The van der Waals surface area contributed by atoms with Crippen molar-refractivity contribution < 1.29 is 0 Å². The van der Waals surface area contributed by atoms with E-state index in [9.17, 15) is 0 Å². The molecule has 2 nitrogen and oxygen atoms in total. The Labute approximate surface area is 113 Å². The highest BCUT2D eigenvalue weighted by Gasteiger charge is 2.09. The first kappa shape index (κ1) is 12.0. The van der Waals surface area contributed by atoms with Crippen LogP contribution in [0.3, 0.4) is 0 Å². The molecule has 4 heteroatoms. The molecule has 2 rings (SSSR count). The van der Waals surface area contributed by atoms with Crippen LogP contribution in [-0.4, -0.2) is 4.98 Å². The molecule has 0 aliphatic carbocycles. The SMILES string of the molecule is Cc1nc(C(N)Cc2ccc(I)cc2)cs1. The molecule has 0 radical (unpaired) electrons. The summed E-state index contributed by atoms with van der Waals surface area (Å²) in [5, 5.41) is 3.13. The summed E-state index contributed by atoms with van der Waals surface area (Å²) in [5.74, 6) is 0. The van der Waals surface area contributed by atoms with Crippen molar-refractivity contribution in [3.05, 3.63) is 49.5 Å². The van der Waals surface area contributed by atoms with Gasteiger partial charge in [0.15, 0.2) is 0 Å². The predicted octanol–water partition coefficient (Wildman–Crippen LogP) is 3.30. The van der Waals surface area contributed by atoms with Crippen LogP contribution < -0.4 is 5.73 Å². The fraction of sp³-hybridized carbons (Fsp3) is 0.250. The molecule has 0 saturated heterocycles. The maximum atomic E-state index is 6.12. The van der Waals surface area contributed by atoms with E-state index in [-0.39, 0.29) is 6.04 Å². The minimum absolute atomic E-state index is 0.00464. The number of hydrogen-bond acceptors (Lipinski definition) is 3. The molecule has 2 N–H and O–H groups in total. The summed E-state index contributed by atoms with van der Waals surface area (Å²) in [6.45, 7) is 2.01. The van der Waals surface area contributed by atoms with Gasteiger partial charge in [-0.05, 0) is 53.6 Å². The number of thiazole rings is 1.